The quantitative estimate of drug-likeness (QED) is 0.410. The fraction of sp³-hybridized carbons (Fsp3) is 0.500. The van der Waals surface area contributed by atoms with Crippen molar-refractivity contribution in [3.8, 4) is 0 Å². The van der Waals surface area contributed by atoms with Crippen molar-refractivity contribution in [1.29, 1.82) is 0 Å². The van der Waals surface area contributed by atoms with Gasteiger partial charge in [-0.15, -0.1) is 0 Å². The molecule has 0 saturated heterocycles. The number of hydrogen-bond donors (Lipinski definition) is 1. The summed E-state index contributed by atoms with van der Waals surface area (Å²) in [5, 5.41) is 2.76. The van der Waals surface area contributed by atoms with Crippen LogP contribution in [0.25, 0.3) is 0 Å². The van der Waals surface area contributed by atoms with Gasteiger partial charge in [-0.25, -0.2) is 0 Å². The second kappa shape index (κ2) is 11.9. The first-order chi connectivity index (χ1) is 11.9. The minimum absolute atomic E-state index is 0.106. The van der Waals surface area contributed by atoms with Crippen LogP contribution in [0.1, 0.15) is 52.9 Å². The third-order valence-electron chi connectivity index (χ3n) is 3.77. The van der Waals surface area contributed by atoms with E-state index in [4.69, 9.17) is 4.74 Å². The molecule has 138 valence electrons. The highest BCUT2D eigenvalue weighted by Crippen LogP contribution is 2.15. The Morgan fingerprint density at radius 3 is 2.48 bits per heavy atom. The van der Waals surface area contributed by atoms with Crippen LogP contribution in [0.4, 0.5) is 5.69 Å². The number of anilines is 1. The summed E-state index contributed by atoms with van der Waals surface area (Å²) in [4.78, 5) is 23.5. The molecule has 0 aliphatic rings. The first-order valence-corrected chi connectivity index (χ1v) is 9.50. The highest BCUT2D eigenvalue weighted by molar-refractivity contribution is 9.10. The van der Waals surface area contributed by atoms with Gasteiger partial charge < -0.3 is 10.1 Å². The summed E-state index contributed by atoms with van der Waals surface area (Å²) < 4.78 is 6.16. The fourth-order valence-corrected chi connectivity index (χ4v) is 2.48. The Balaban J connectivity index is 2.14. The number of rotatable bonds is 10. The minimum atomic E-state index is -0.317. The molecule has 1 aromatic rings. The predicted octanol–water partition coefficient (Wildman–Crippen LogP) is 5.48. The van der Waals surface area contributed by atoms with Crippen molar-refractivity contribution in [2.75, 3.05) is 11.9 Å². The third kappa shape index (κ3) is 10.8. The van der Waals surface area contributed by atoms with Crippen molar-refractivity contribution >= 4 is 33.5 Å². The summed E-state index contributed by atoms with van der Waals surface area (Å²) in [6.07, 6.45) is 5.48. The van der Waals surface area contributed by atoms with E-state index in [1.165, 1.54) is 5.57 Å². The molecule has 1 amide bonds. The van der Waals surface area contributed by atoms with Gasteiger partial charge in [0.15, 0.2) is 0 Å². The van der Waals surface area contributed by atoms with Gasteiger partial charge in [0.1, 0.15) is 0 Å². The van der Waals surface area contributed by atoms with E-state index in [-0.39, 0.29) is 24.7 Å². The predicted molar refractivity (Wildman–Crippen MR) is 105 cm³/mol. The molecular weight excluding hydrogens is 382 g/mol. The van der Waals surface area contributed by atoms with E-state index < -0.39 is 0 Å². The maximum Gasteiger partial charge on any atom is 0.306 e. The maximum absolute atomic E-state index is 11.8. The van der Waals surface area contributed by atoms with E-state index >= 15 is 0 Å². The Bertz CT molecular complexity index is 577. The van der Waals surface area contributed by atoms with Gasteiger partial charge in [-0.1, -0.05) is 34.5 Å². The number of nitrogens with one attached hydrogen (secondary N) is 1. The minimum Gasteiger partial charge on any atom is -0.466 e. The number of allylic oxidation sites excluding steroid dienone is 2. The van der Waals surface area contributed by atoms with Crippen molar-refractivity contribution in [3.63, 3.8) is 0 Å². The number of amides is 1. The van der Waals surface area contributed by atoms with Gasteiger partial charge in [-0.3, -0.25) is 9.59 Å². The number of esters is 1. The number of carbonyl (C=O) groups is 2. The molecule has 0 aliphatic heterocycles. The lowest BCUT2D eigenvalue weighted by molar-refractivity contribution is -0.145. The Morgan fingerprint density at radius 2 is 1.84 bits per heavy atom. The molecule has 5 heteroatoms. The fourth-order valence-electron chi connectivity index (χ4n) is 2.22. The molecule has 0 heterocycles. The Labute approximate surface area is 159 Å². The molecule has 0 aliphatic carbocycles. The van der Waals surface area contributed by atoms with E-state index in [0.717, 1.165) is 23.7 Å². The third-order valence-corrected chi connectivity index (χ3v) is 4.30. The molecule has 1 N–H and O–H groups in total. The molecule has 0 saturated carbocycles. The maximum atomic E-state index is 11.8. The second-order valence-corrected chi connectivity index (χ2v) is 7.44. The van der Waals surface area contributed by atoms with Crippen molar-refractivity contribution in [1.82, 2.24) is 0 Å². The molecule has 0 spiro atoms. The van der Waals surface area contributed by atoms with Crippen molar-refractivity contribution < 1.29 is 14.3 Å². The van der Waals surface area contributed by atoms with Crippen LogP contribution in [0, 0.1) is 5.92 Å². The molecule has 0 bridgehead atoms. The molecule has 0 radical (unpaired) electrons. The van der Waals surface area contributed by atoms with E-state index in [2.05, 4.69) is 48.1 Å². The average Bonchev–Trinajstić information content (AvgIpc) is 2.55. The van der Waals surface area contributed by atoms with Gasteiger partial charge in [-0.2, -0.15) is 0 Å². The van der Waals surface area contributed by atoms with E-state index in [0.29, 0.717) is 18.2 Å². The molecule has 0 unspecified atom stereocenters. The van der Waals surface area contributed by atoms with Crippen LogP contribution in [-0.2, 0) is 14.3 Å². The number of ether oxygens (including phenoxy) is 1. The number of carbonyl (C=O) groups excluding carboxylic acids is 2. The summed E-state index contributed by atoms with van der Waals surface area (Å²) in [5.41, 5.74) is 2.05. The molecule has 0 fully saturated rings. The molecule has 25 heavy (non-hydrogen) atoms. The van der Waals surface area contributed by atoms with E-state index in [1.54, 1.807) is 12.1 Å². The van der Waals surface area contributed by atoms with Crippen LogP contribution < -0.4 is 5.32 Å². The highest BCUT2D eigenvalue weighted by Gasteiger charge is 2.09. The largest absolute Gasteiger partial charge is 0.466 e. The summed E-state index contributed by atoms with van der Waals surface area (Å²) in [6.45, 7) is 6.78. The molecular formula is C20H28BrNO3. The molecule has 1 atom stereocenters. The molecule has 1 aromatic carbocycles. The van der Waals surface area contributed by atoms with E-state index in [9.17, 15) is 9.59 Å². The topological polar surface area (TPSA) is 55.4 Å². The zero-order valence-electron chi connectivity index (χ0n) is 15.3. The molecule has 1 rings (SSSR count). The van der Waals surface area contributed by atoms with Gasteiger partial charge in [0.05, 0.1) is 13.0 Å². The lowest BCUT2D eigenvalue weighted by Crippen LogP contribution is -2.15. The van der Waals surface area contributed by atoms with Gasteiger partial charge in [0, 0.05) is 16.6 Å². The van der Waals surface area contributed by atoms with Gasteiger partial charge in [0.25, 0.3) is 0 Å². The van der Waals surface area contributed by atoms with Gasteiger partial charge >= 0.3 is 5.97 Å². The Morgan fingerprint density at radius 1 is 1.16 bits per heavy atom. The van der Waals surface area contributed by atoms with Crippen LogP contribution in [0.3, 0.4) is 0 Å². The van der Waals surface area contributed by atoms with Gasteiger partial charge in [0.2, 0.25) is 5.91 Å². The zero-order chi connectivity index (χ0) is 18.7. The second-order valence-electron chi connectivity index (χ2n) is 6.53. The Hall–Kier alpha value is -1.62. The average molecular weight is 410 g/mol. The lowest BCUT2D eigenvalue weighted by Gasteiger charge is -2.11. The normalized spacial score (nSPS) is 11.5. The van der Waals surface area contributed by atoms with Crippen LogP contribution in [0.2, 0.25) is 0 Å². The molecule has 4 nitrogen and oxygen atoms in total. The summed E-state index contributed by atoms with van der Waals surface area (Å²) in [7, 11) is 0. The monoisotopic (exact) mass is 409 g/mol. The summed E-state index contributed by atoms with van der Waals surface area (Å²) in [5.74, 6) is 0.0147. The van der Waals surface area contributed by atoms with Crippen molar-refractivity contribution in [2.45, 2.75) is 52.9 Å². The SMILES string of the molecule is CC(C)=CCC[C@@H](C)CCOC(=O)CCC(=O)Nc1ccc(Br)cc1. The number of benzene rings is 1. The first-order valence-electron chi connectivity index (χ1n) is 8.71. The van der Waals surface area contributed by atoms with Crippen LogP contribution in [0.15, 0.2) is 40.4 Å². The van der Waals surface area contributed by atoms with E-state index in [1.807, 2.05) is 12.1 Å². The molecule has 0 aromatic heterocycles. The summed E-state index contributed by atoms with van der Waals surface area (Å²) >= 11 is 3.34. The Kier molecular flexibility index (Phi) is 10.2. The van der Waals surface area contributed by atoms with Crippen molar-refractivity contribution in [2.24, 2.45) is 5.92 Å². The standard InChI is InChI=1S/C20H28BrNO3/c1-15(2)5-4-6-16(3)13-14-25-20(24)12-11-19(23)22-18-9-7-17(21)8-10-18/h5,7-10,16H,4,6,11-14H2,1-3H3,(H,22,23)/t16-/m1/s1. The number of halogens is 1. The van der Waals surface area contributed by atoms with Crippen LogP contribution >= 0.6 is 15.9 Å². The smallest absolute Gasteiger partial charge is 0.306 e. The lowest BCUT2D eigenvalue weighted by atomic mass is 10.0. The van der Waals surface area contributed by atoms with Crippen LogP contribution in [-0.4, -0.2) is 18.5 Å². The van der Waals surface area contributed by atoms with Crippen molar-refractivity contribution in [3.05, 3.63) is 40.4 Å². The number of hydrogen-bond acceptors (Lipinski definition) is 3. The zero-order valence-corrected chi connectivity index (χ0v) is 16.9. The van der Waals surface area contributed by atoms with Crippen LogP contribution in [0.5, 0.6) is 0 Å². The first kappa shape index (κ1) is 21.4. The van der Waals surface area contributed by atoms with Gasteiger partial charge in [-0.05, 0) is 63.3 Å². The summed E-state index contributed by atoms with van der Waals surface area (Å²) in [6, 6.07) is 7.30. The highest BCUT2D eigenvalue weighted by atomic mass is 79.9.